The van der Waals surface area contributed by atoms with E-state index in [1.165, 1.54) is 6.39 Å². The van der Waals surface area contributed by atoms with Crippen LogP contribution < -0.4 is 5.32 Å². The lowest BCUT2D eigenvalue weighted by molar-refractivity contribution is 0.268. The van der Waals surface area contributed by atoms with Crippen molar-refractivity contribution in [2.75, 3.05) is 6.61 Å². The third-order valence-electron chi connectivity index (χ3n) is 1.91. The van der Waals surface area contributed by atoms with Crippen molar-refractivity contribution in [2.45, 2.75) is 19.6 Å². The maximum Gasteiger partial charge on any atom is 0.213 e. The molecule has 2 rings (SSSR count). The summed E-state index contributed by atoms with van der Waals surface area (Å²) in [5.41, 5.74) is 0.803. The fourth-order valence-electron chi connectivity index (χ4n) is 1.20. The minimum atomic E-state index is 0.0547. The van der Waals surface area contributed by atoms with E-state index in [2.05, 4.69) is 30.3 Å². The zero-order valence-corrected chi connectivity index (χ0v) is 8.57. The van der Waals surface area contributed by atoms with Gasteiger partial charge in [-0.25, -0.2) is 4.68 Å². The highest BCUT2D eigenvalue weighted by molar-refractivity contribution is 4.92. The highest BCUT2D eigenvalue weighted by atomic mass is 16.5. The van der Waals surface area contributed by atoms with Gasteiger partial charge in [0.15, 0.2) is 5.82 Å². The molecule has 0 aliphatic carbocycles. The fraction of sp³-hybridized carbons (Fsp3) is 0.500. The molecule has 0 unspecified atom stereocenters. The van der Waals surface area contributed by atoms with Crippen LogP contribution in [0.2, 0.25) is 0 Å². The molecule has 0 radical (unpaired) electrons. The minimum absolute atomic E-state index is 0.0547. The van der Waals surface area contributed by atoms with Crippen LogP contribution in [-0.2, 0) is 19.6 Å². The Kier molecular flexibility index (Phi) is 3.57. The molecule has 2 heterocycles. The zero-order chi connectivity index (χ0) is 11.2. The Morgan fingerprint density at radius 2 is 2.38 bits per heavy atom. The van der Waals surface area contributed by atoms with E-state index in [4.69, 9.17) is 5.11 Å². The van der Waals surface area contributed by atoms with Gasteiger partial charge in [0.25, 0.3) is 0 Å². The van der Waals surface area contributed by atoms with Crippen molar-refractivity contribution in [1.29, 1.82) is 0 Å². The molecular formula is C8H12N6O2. The van der Waals surface area contributed by atoms with Gasteiger partial charge in [0.2, 0.25) is 6.39 Å². The Hall–Kier alpha value is -1.80. The van der Waals surface area contributed by atoms with E-state index in [0.29, 0.717) is 25.5 Å². The number of aliphatic hydroxyl groups is 1. The van der Waals surface area contributed by atoms with Crippen LogP contribution in [0.25, 0.3) is 0 Å². The highest BCUT2D eigenvalue weighted by Crippen LogP contribution is 1.93. The van der Waals surface area contributed by atoms with Crippen LogP contribution in [0.15, 0.2) is 17.1 Å². The Morgan fingerprint density at radius 3 is 3.12 bits per heavy atom. The summed E-state index contributed by atoms with van der Waals surface area (Å²) in [5.74, 6) is 0.600. The summed E-state index contributed by atoms with van der Waals surface area (Å²) < 4.78 is 6.18. The minimum Gasteiger partial charge on any atom is -0.394 e. The third-order valence-corrected chi connectivity index (χ3v) is 1.91. The number of aliphatic hydroxyl groups excluding tert-OH is 1. The molecule has 0 atom stereocenters. The summed E-state index contributed by atoms with van der Waals surface area (Å²) in [6.07, 6.45) is 3.06. The van der Waals surface area contributed by atoms with Crippen molar-refractivity contribution in [3.05, 3.63) is 24.1 Å². The summed E-state index contributed by atoms with van der Waals surface area (Å²) >= 11 is 0. The molecule has 0 spiro atoms. The van der Waals surface area contributed by atoms with Gasteiger partial charge in [0.1, 0.15) is 0 Å². The van der Waals surface area contributed by atoms with Crippen LogP contribution >= 0.6 is 0 Å². The lowest BCUT2D eigenvalue weighted by Crippen LogP contribution is -2.13. The number of hydrogen-bond acceptors (Lipinski definition) is 7. The fourth-order valence-corrected chi connectivity index (χ4v) is 1.20. The Labute approximate surface area is 91.3 Å². The molecular weight excluding hydrogens is 212 g/mol. The van der Waals surface area contributed by atoms with Gasteiger partial charge in [-0.1, -0.05) is 10.4 Å². The van der Waals surface area contributed by atoms with E-state index in [9.17, 15) is 0 Å². The number of aromatic nitrogens is 5. The molecule has 0 saturated heterocycles. The summed E-state index contributed by atoms with van der Waals surface area (Å²) in [5, 5.41) is 23.2. The molecule has 8 heteroatoms. The van der Waals surface area contributed by atoms with Gasteiger partial charge in [0, 0.05) is 12.7 Å². The Morgan fingerprint density at radius 1 is 1.44 bits per heavy atom. The van der Waals surface area contributed by atoms with Crippen LogP contribution in [-0.4, -0.2) is 36.8 Å². The first kappa shape index (κ1) is 10.7. The van der Waals surface area contributed by atoms with Crippen molar-refractivity contribution >= 4 is 0 Å². The largest absolute Gasteiger partial charge is 0.394 e. The summed E-state index contributed by atoms with van der Waals surface area (Å²) in [6, 6.07) is 0. The van der Waals surface area contributed by atoms with E-state index in [0.717, 1.165) is 5.69 Å². The molecule has 0 aliphatic heterocycles. The molecule has 86 valence electrons. The number of hydrogen-bond donors (Lipinski definition) is 2. The highest BCUT2D eigenvalue weighted by Gasteiger charge is 2.01. The number of nitrogens with one attached hydrogen (secondary N) is 1. The van der Waals surface area contributed by atoms with Crippen LogP contribution in [0.1, 0.15) is 11.5 Å². The lowest BCUT2D eigenvalue weighted by atomic mass is 10.4. The normalized spacial score (nSPS) is 10.8. The first-order chi connectivity index (χ1) is 7.88. The predicted octanol–water partition coefficient (Wildman–Crippen LogP) is -1.06. The van der Waals surface area contributed by atoms with Gasteiger partial charge in [-0.3, -0.25) is 0 Å². The van der Waals surface area contributed by atoms with Crippen LogP contribution in [0.3, 0.4) is 0 Å². The van der Waals surface area contributed by atoms with Crippen LogP contribution in [0.4, 0.5) is 0 Å². The molecule has 16 heavy (non-hydrogen) atoms. The monoisotopic (exact) mass is 224 g/mol. The van der Waals surface area contributed by atoms with Crippen molar-refractivity contribution < 1.29 is 9.63 Å². The standard InChI is InChI=1S/C8H12N6O2/c15-2-1-14-5-7(11-13-14)3-9-4-8-10-6-16-12-8/h5-6,9,15H,1-4H2. The SMILES string of the molecule is OCCn1cc(CNCc2ncon2)nn1. The third kappa shape index (κ3) is 2.84. The average Bonchev–Trinajstić information content (AvgIpc) is 2.90. The summed E-state index contributed by atoms with van der Waals surface area (Å²) in [4.78, 5) is 3.87. The molecule has 0 saturated carbocycles. The topological polar surface area (TPSA) is 102 Å². The average molecular weight is 224 g/mol. The lowest BCUT2D eigenvalue weighted by Gasteiger charge is -1.96. The quantitative estimate of drug-likeness (QED) is 0.645. The molecule has 0 aliphatic rings. The number of rotatable bonds is 6. The second-order valence-electron chi connectivity index (χ2n) is 3.15. The van der Waals surface area contributed by atoms with E-state index in [1.54, 1.807) is 10.9 Å². The predicted molar refractivity (Wildman–Crippen MR) is 51.9 cm³/mol. The van der Waals surface area contributed by atoms with E-state index < -0.39 is 0 Å². The van der Waals surface area contributed by atoms with E-state index in [-0.39, 0.29) is 6.61 Å². The first-order valence-electron chi connectivity index (χ1n) is 4.84. The molecule has 2 N–H and O–H groups in total. The van der Waals surface area contributed by atoms with Crippen LogP contribution in [0, 0.1) is 0 Å². The van der Waals surface area contributed by atoms with Crippen molar-refractivity contribution in [3.8, 4) is 0 Å². The van der Waals surface area contributed by atoms with Gasteiger partial charge >= 0.3 is 0 Å². The second kappa shape index (κ2) is 5.33. The van der Waals surface area contributed by atoms with Crippen molar-refractivity contribution in [2.24, 2.45) is 0 Å². The maximum absolute atomic E-state index is 8.70. The van der Waals surface area contributed by atoms with Crippen molar-refractivity contribution in [3.63, 3.8) is 0 Å². The van der Waals surface area contributed by atoms with E-state index >= 15 is 0 Å². The zero-order valence-electron chi connectivity index (χ0n) is 8.57. The van der Waals surface area contributed by atoms with Crippen molar-refractivity contribution in [1.82, 2.24) is 30.5 Å². The Bertz CT molecular complexity index is 412. The molecule has 8 nitrogen and oxygen atoms in total. The molecule has 0 bridgehead atoms. The maximum atomic E-state index is 8.70. The van der Waals surface area contributed by atoms with Gasteiger partial charge < -0.3 is 14.9 Å². The molecule has 2 aromatic rings. The molecule has 0 fully saturated rings. The summed E-state index contributed by atoms with van der Waals surface area (Å²) in [6.45, 7) is 1.60. The van der Waals surface area contributed by atoms with Gasteiger partial charge in [-0.05, 0) is 0 Å². The van der Waals surface area contributed by atoms with Gasteiger partial charge in [-0.2, -0.15) is 4.98 Å². The van der Waals surface area contributed by atoms with Crippen LogP contribution in [0.5, 0.6) is 0 Å². The smallest absolute Gasteiger partial charge is 0.213 e. The molecule has 0 amide bonds. The van der Waals surface area contributed by atoms with Gasteiger partial charge in [0.05, 0.1) is 25.4 Å². The first-order valence-corrected chi connectivity index (χ1v) is 4.84. The summed E-state index contributed by atoms with van der Waals surface area (Å²) in [7, 11) is 0. The molecule has 2 aromatic heterocycles. The Balaban J connectivity index is 1.76. The molecule has 0 aromatic carbocycles. The number of nitrogens with zero attached hydrogens (tertiary/aromatic N) is 5. The second-order valence-corrected chi connectivity index (χ2v) is 3.15. The van der Waals surface area contributed by atoms with Gasteiger partial charge in [-0.15, -0.1) is 5.10 Å². The van der Waals surface area contributed by atoms with E-state index in [1.807, 2.05) is 0 Å².